The van der Waals surface area contributed by atoms with Crippen molar-refractivity contribution in [1.82, 2.24) is 9.55 Å². The predicted molar refractivity (Wildman–Crippen MR) is 87.8 cm³/mol. The fraction of sp³-hybridized carbons (Fsp3) is 0.118. The summed E-state index contributed by atoms with van der Waals surface area (Å²) in [6.45, 7) is -0.332. The Bertz CT molecular complexity index is 1020. The smallest absolute Gasteiger partial charge is 0.406 e. The number of amides is 1. The third-order valence-electron chi connectivity index (χ3n) is 3.40. The number of alkyl halides is 3. The van der Waals surface area contributed by atoms with Crippen LogP contribution in [0.5, 0.6) is 5.75 Å². The molecule has 2 aromatic carbocycles. The number of rotatable bonds is 4. The number of halogens is 3. The monoisotopic (exact) mass is 363 g/mol. The molecule has 3 aromatic rings. The van der Waals surface area contributed by atoms with Crippen LogP contribution in [0.1, 0.15) is 0 Å². The van der Waals surface area contributed by atoms with Crippen LogP contribution in [-0.2, 0) is 11.3 Å². The van der Waals surface area contributed by atoms with Crippen molar-refractivity contribution in [3.05, 3.63) is 65.2 Å². The highest BCUT2D eigenvalue weighted by atomic mass is 19.4. The van der Waals surface area contributed by atoms with Crippen molar-refractivity contribution in [3.63, 3.8) is 0 Å². The minimum Gasteiger partial charge on any atom is -0.406 e. The molecule has 0 unspecified atom stereocenters. The van der Waals surface area contributed by atoms with Crippen LogP contribution in [0.15, 0.2) is 59.7 Å². The summed E-state index contributed by atoms with van der Waals surface area (Å²) in [6, 6.07) is 11.5. The lowest BCUT2D eigenvalue weighted by Crippen LogP contribution is -2.27. The van der Waals surface area contributed by atoms with Crippen molar-refractivity contribution in [2.45, 2.75) is 12.9 Å². The van der Waals surface area contributed by atoms with Gasteiger partial charge in [0.15, 0.2) is 0 Å². The van der Waals surface area contributed by atoms with Crippen LogP contribution < -0.4 is 15.6 Å². The molecule has 0 aliphatic rings. The van der Waals surface area contributed by atoms with Crippen molar-refractivity contribution in [3.8, 4) is 5.75 Å². The summed E-state index contributed by atoms with van der Waals surface area (Å²) >= 11 is 0. The normalized spacial score (nSPS) is 11.3. The maximum Gasteiger partial charge on any atom is 0.573 e. The Balaban J connectivity index is 1.75. The molecule has 1 aromatic heterocycles. The topological polar surface area (TPSA) is 73.2 Å². The van der Waals surface area contributed by atoms with Gasteiger partial charge in [0, 0.05) is 11.8 Å². The fourth-order valence-electron chi connectivity index (χ4n) is 2.34. The summed E-state index contributed by atoms with van der Waals surface area (Å²) in [7, 11) is 0. The van der Waals surface area contributed by atoms with Crippen LogP contribution in [-0.4, -0.2) is 21.8 Å². The van der Waals surface area contributed by atoms with E-state index in [1.165, 1.54) is 18.5 Å². The van der Waals surface area contributed by atoms with Gasteiger partial charge in [0.05, 0.1) is 17.2 Å². The number of nitrogens with one attached hydrogen (secondary N) is 1. The molecule has 0 spiro atoms. The number of benzene rings is 2. The zero-order chi connectivity index (χ0) is 18.7. The molecular weight excluding hydrogens is 351 g/mol. The van der Waals surface area contributed by atoms with Crippen molar-refractivity contribution in [2.24, 2.45) is 0 Å². The first-order chi connectivity index (χ1) is 12.3. The van der Waals surface area contributed by atoms with E-state index in [0.29, 0.717) is 10.9 Å². The molecule has 0 atom stereocenters. The minimum atomic E-state index is -4.83. The van der Waals surface area contributed by atoms with Gasteiger partial charge in [0.2, 0.25) is 5.91 Å². The molecule has 0 aliphatic carbocycles. The predicted octanol–water partition coefficient (Wildman–Crippen LogP) is 2.93. The molecule has 0 aliphatic heterocycles. The highest BCUT2D eigenvalue weighted by Crippen LogP contribution is 2.25. The summed E-state index contributed by atoms with van der Waals surface area (Å²) in [5.41, 5.74) is 0.226. The summed E-state index contributed by atoms with van der Waals surface area (Å²) in [5, 5.41) is 2.78. The van der Waals surface area contributed by atoms with Gasteiger partial charge >= 0.3 is 6.36 Å². The molecule has 0 fully saturated rings. The molecule has 0 bridgehead atoms. The Morgan fingerprint density at radius 3 is 2.69 bits per heavy atom. The average molecular weight is 363 g/mol. The van der Waals surface area contributed by atoms with E-state index in [-0.39, 0.29) is 17.8 Å². The number of para-hydroxylation sites is 1. The van der Waals surface area contributed by atoms with E-state index in [1.54, 1.807) is 24.3 Å². The van der Waals surface area contributed by atoms with Crippen molar-refractivity contribution in [1.29, 1.82) is 0 Å². The zero-order valence-corrected chi connectivity index (χ0v) is 13.2. The van der Waals surface area contributed by atoms with Gasteiger partial charge in [0.1, 0.15) is 12.3 Å². The number of carbonyl (C=O) groups excluding carboxylic acids is 1. The molecule has 6 nitrogen and oxygen atoms in total. The first kappa shape index (κ1) is 17.5. The van der Waals surface area contributed by atoms with E-state index in [4.69, 9.17) is 0 Å². The highest BCUT2D eigenvalue weighted by molar-refractivity contribution is 5.91. The van der Waals surface area contributed by atoms with Gasteiger partial charge < -0.3 is 10.1 Å². The van der Waals surface area contributed by atoms with Crippen LogP contribution in [0.4, 0.5) is 18.9 Å². The highest BCUT2D eigenvalue weighted by Gasteiger charge is 2.31. The Morgan fingerprint density at radius 2 is 1.92 bits per heavy atom. The van der Waals surface area contributed by atoms with Crippen LogP contribution in [0, 0.1) is 0 Å². The number of aromatic nitrogens is 2. The maximum atomic E-state index is 12.3. The second kappa shape index (κ2) is 6.87. The van der Waals surface area contributed by atoms with E-state index < -0.39 is 18.0 Å². The van der Waals surface area contributed by atoms with E-state index >= 15 is 0 Å². The fourth-order valence-corrected chi connectivity index (χ4v) is 2.34. The first-order valence-corrected chi connectivity index (χ1v) is 7.42. The summed E-state index contributed by atoms with van der Waals surface area (Å²) < 4.78 is 41.6. The lowest BCUT2D eigenvalue weighted by molar-refractivity contribution is -0.274. The first-order valence-electron chi connectivity index (χ1n) is 7.42. The van der Waals surface area contributed by atoms with Gasteiger partial charge in [-0.2, -0.15) is 0 Å². The SMILES string of the molecule is O=C(Cn1cnc2ccccc2c1=O)Nc1cccc(OC(F)(F)F)c1. The number of ether oxygens (including phenoxy) is 1. The number of anilines is 1. The molecule has 0 radical (unpaired) electrons. The molecular formula is C17H12F3N3O3. The van der Waals surface area contributed by atoms with Crippen LogP contribution in [0.2, 0.25) is 0 Å². The average Bonchev–Trinajstić information content (AvgIpc) is 2.56. The maximum absolute atomic E-state index is 12.3. The summed E-state index contributed by atoms with van der Waals surface area (Å²) in [5.74, 6) is -1.05. The molecule has 1 heterocycles. The Hall–Kier alpha value is -3.36. The third-order valence-corrected chi connectivity index (χ3v) is 3.40. The van der Waals surface area contributed by atoms with Crippen molar-refractivity contribution >= 4 is 22.5 Å². The third kappa shape index (κ3) is 4.18. The second-order valence-electron chi connectivity index (χ2n) is 5.32. The summed E-state index contributed by atoms with van der Waals surface area (Å²) in [6.07, 6.45) is -3.58. The molecule has 3 rings (SSSR count). The number of nitrogens with zero attached hydrogens (tertiary/aromatic N) is 2. The number of hydrogen-bond acceptors (Lipinski definition) is 4. The van der Waals surface area contributed by atoms with Crippen molar-refractivity contribution in [2.75, 3.05) is 5.32 Å². The lowest BCUT2D eigenvalue weighted by Gasteiger charge is -2.11. The van der Waals surface area contributed by atoms with Gasteiger partial charge in [-0.05, 0) is 24.3 Å². The van der Waals surface area contributed by atoms with Gasteiger partial charge in [-0.15, -0.1) is 13.2 Å². The van der Waals surface area contributed by atoms with E-state index in [9.17, 15) is 22.8 Å². The Morgan fingerprint density at radius 1 is 1.15 bits per heavy atom. The standard InChI is InChI=1S/C17H12F3N3O3/c18-17(19,20)26-12-5-3-4-11(8-12)22-15(24)9-23-10-21-14-7-2-1-6-13(14)16(23)25/h1-8,10H,9H2,(H,22,24). The molecule has 26 heavy (non-hydrogen) atoms. The van der Waals surface area contributed by atoms with Crippen molar-refractivity contribution < 1.29 is 22.7 Å². The molecule has 1 amide bonds. The summed E-state index contributed by atoms with van der Waals surface area (Å²) in [4.78, 5) is 28.5. The van der Waals surface area contributed by atoms with Gasteiger partial charge in [-0.25, -0.2) is 4.98 Å². The van der Waals surface area contributed by atoms with E-state index in [0.717, 1.165) is 16.7 Å². The zero-order valence-electron chi connectivity index (χ0n) is 13.2. The number of fused-ring (bicyclic) bond motifs is 1. The largest absolute Gasteiger partial charge is 0.573 e. The Kier molecular flexibility index (Phi) is 4.61. The number of hydrogen-bond donors (Lipinski definition) is 1. The van der Waals surface area contributed by atoms with Crippen LogP contribution in [0.3, 0.4) is 0 Å². The van der Waals surface area contributed by atoms with Gasteiger partial charge in [0.25, 0.3) is 5.56 Å². The van der Waals surface area contributed by atoms with Crippen LogP contribution in [0.25, 0.3) is 10.9 Å². The van der Waals surface area contributed by atoms with Crippen LogP contribution >= 0.6 is 0 Å². The molecule has 0 saturated carbocycles. The van der Waals surface area contributed by atoms with Gasteiger partial charge in [-0.1, -0.05) is 18.2 Å². The van der Waals surface area contributed by atoms with E-state index in [1.807, 2.05) is 0 Å². The molecule has 0 saturated heterocycles. The minimum absolute atomic E-state index is 0.110. The van der Waals surface area contributed by atoms with Gasteiger partial charge in [-0.3, -0.25) is 14.2 Å². The number of carbonyl (C=O) groups is 1. The lowest BCUT2D eigenvalue weighted by atomic mass is 10.2. The van der Waals surface area contributed by atoms with E-state index in [2.05, 4.69) is 15.0 Å². The molecule has 134 valence electrons. The molecule has 9 heteroatoms. The second-order valence-corrected chi connectivity index (χ2v) is 5.32. The quantitative estimate of drug-likeness (QED) is 0.774. The molecule has 1 N–H and O–H groups in total. The Labute approximate surface area is 144 Å².